The summed E-state index contributed by atoms with van der Waals surface area (Å²) in [7, 11) is 1.47. The summed E-state index contributed by atoms with van der Waals surface area (Å²) in [4.78, 5) is 49.6. The van der Waals surface area contributed by atoms with Crippen LogP contribution < -0.4 is 9.64 Å². The quantitative estimate of drug-likeness (QED) is 0.218. The number of rotatable bonds is 6. The Morgan fingerprint density at radius 1 is 1.10 bits per heavy atom. The molecule has 0 saturated carbocycles. The van der Waals surface area contributed by atoms with E-state index in [0.717, 1.165) is 5.56 Å². The topological polar surface area (TPSA) is 163 Å². The molecule has 0 spiro atoms. The number of aliphatic hydroxyl groups is 1. The third-order valence-electron chi connectivity index (χ3n) is 6.95. The Hall–Kier alpha value is -4.97. The summed E-state index contributed by atoms with van der Waals surface area (Å²) in [6.45, 7) is 3.62. The third-order valence-corrected chi connectivity index (χ3v) is 6.95. The predicted molar refractivity (Wildman–Crippen MR) is 146 cm³/mol. The van der Waals surface area contributed by atoms with E-state index in [1.165, 1.54) is 30.7 Å². The van der Waals surface area contributed by atoms with Crippen LogP contribution in [0.2, 0.25) is 0 Å². The van der Waals surface area contributed by atoms with Crippen LogP contribution in [-0.4, -0.2) is 65.6 Å². The zero-order valence-electron chi connectivity index (χ0n) is 22.1. The Morgan fingerprint density at radius 3 is 2.67 bits per heavy atom. The second-order valence-electron chi connectivity index (χ2n) is 9.98. The van der Waals surface area contributed by atoms with Gasteiger partial charge in [0.1, 0.15) is 34.9 Å². The fourth-order valence-electron chi connectivity index (χ4n) is 4.95. The average Bonchev–Trinajstić information content (AvgIpc) is 3.64. The van der Waals surface area contributed by atoms with Gasteiger partial charge in [-0.25, -0.2) is 15.0 Å². The highest BCUT2D eigenvalue weighted by atomic mass is 16.5. The zero-order valence-corrected chi connectivity index (χ0v) is 22.1. The van der Waals surface area contributed by atoms with Crippen molar-refractivity contribution in [2.75, 3.05) is 18.6 Å². The van der Waals surface area contributed by atoms with Gasteiger partial charge < -0.3 is 14.8 Å². The van der Waals surface area contributed by atoms with E-state index in [4.69, 9.17) is 4.74 Å². The number of anilines is 1. The number of hydrogen-bond donors (Lipinski definition) is 3. The van der Waals surface area contributed by atoms with Gasteiger partial charge in [0.25, 0.3) is 5.78 Å². The largest absolute Gasteiger partial charge is 0.494 e. The maximum Gasteiger partial charge on any atom is 0.300 e. The highest BCUT2D eigenvalue weighted by molar-refractivity contribution is 6.49. The minimum absolute atomic E-state index is 0.143. The molecule has 40 heavy (non-hydrogen) atoms. The molecule has 0 radical (unpaired) electrons. The lowest BCUT2D eigenvalue weighted by molar-refractivity contribution is -0.114. The number of H-pyrrole nitrogens is 2. The number of aromatic amines is 2. The first-order chi connectivity index (χ1) is 19.3. The summed E-state index contributed by atoms with van der Waals surface area (Å²) in [6.07, 6.45) is 7.33. The summed E-state index contributed by atoms with van der Waals surface area (Å²) in [5, 5.41) is 17.9. The van der Waals surface area contributed by atoms with Gasteiger partial charge in [-0.1, -0.05) is 6.07 Å². The van der Waals surface area contributed by atoms with Gasteiger partial charge in [-0.15, -0.1) is 0 Å². The van der Waals surface area contributed by atoms with Crippen LogP contribution in [0, 0.1) is 0 Å². The summed E-state index contributed by atoms with van der Waals surface area (Å²) in [5.41, 5.74) is 2.97. The van der Waals surface area contributed by atoms with Crippen molar-refractivity contribution < 1.29 is 19.4 Å². The first kappa shape index (κ1) is 25.3. The molecule has 12 nitrogen and oxygen atoms in total. The smallest absolute Gasteiger partial charge is 0.300 e. The molecular formula is C28H26N8O4. The molecule has 0 fully saturated rings. The lowest BCUT2D eigenvalue weighted by Gasteiger charge is -2.28. The fourth-order valence-corrected chi connectivity index (χ4v) is 4.95. The molecule has 0 aromatic carbocycles. The van der Waals surface area contributed by atoms with Gasteiger partial charge >= 0.3 is 5.91 Å². The first-order valence-corrected chi connectivity index (χ1v) is 12.7. The molecule has 3 N–H and O–H groups in total. The monoisotopic (exact) mass is 538 g/mol. The molecule has 12 heteroatoms. The Morgan fingerprint density at radius 2 is 1.95 bits per heavy atom. The van der Waals surface area contributed by atoms with Crippen molar-refractivity contribution >= 4 is 28.4 Å². The molecule has 5 aromatic rings. The van der Waals surface area contributed by atoms with Gasteiger partial charge in [-0.05, 0) is 44.9 Å². The molecule has 0 unspecified atom stereocenters. The van der Waals surface area contributed by atoms with Gasteiger partial charge in [-0.3, -0.25) is 24.6 Å². The van der Waals surface area contributed by atoms with Crippen molar-refractivity contribution in [3.63, 3.8) is 0 Å². The third kappa shape index (κ3) is 4.18. The molecule has 202 valence electrons. The number of nitrogens with one attached hydrogen (secondary N) is 2. The zero-order chi connectivity index (χ0) is 28.0. The molecule has 6 heterocycles. The maximum absolute atomic E-state index is 13.7. The van der Waals surface area contributed by atoms with Gasteiger partial charge in [0, 0.05) is 24.5 Å². The average molecular weight is 539 g/mol. The lowest BCUT2D eigenvalue weighted by atomic mass is 10.00. The van der Waals surface area contributed by atoms with Crippen LogP contribution in [0.15, 0.2) is 49.2 Å². The van der Waals surface area contributed by atoms with Crippen molar-refractivity contribution in [2.24, 2.45) is 0 Å². The second kappa shape index (κ2) is 9.65. The number of nitrogens with zero attached hydrogens (tertiary/aromatic N) is 6. The number of carbonyl (C=O) groups is 2. The van der Waals surface area contributed by atoms with Crippen LogP contribution in [0.25, 0.3) is 33.7 Å². The van der Waals surface area contributed by atoms with Crippen LogP contribution in [0.5, 0.6) is 5.75 Å². The minimum Gasteiger partial charge on any atom is -0.494 e. The van der Waals surface area contributed by atoms with E-state index in [1.807, 2.05) is 18.2 Å². The van der Waals surface area contributed by atoms with E-state index in [-0.39, 0.29) is 5.56 Å². The molecule has 6 rings (SSSR count). The number of carbonyl (C=O) groups excluding carboxylic acids is 2. The maximum atomic E-state index is 13.7. The number of ether oxygens (including phenoxy) is 1. The van der Waals surface area contributed by atoms with E-state index in [1.54, 1.807) is 26.1 Å². The number of ketones is 1. The van der Waals surface area contributed by atoms with Crippen molar-refractivity contribution in [3.05, 3.63) is 66.0 Å². The van der Waals surface area contributed by atoms with Crippen LogP contribution in [0.1, 0.15) is 41.9 Å². The molecule has 0 atom stereocenters. The Labute approximate surface area is 228 Å². The number of pyridine rings is 2. The van der Waals surface area contributed by atoms with Crippen LogP contribution in [0.3, 0.4) is 0 Å². The number of aromatic nitrogens is 7. The van der Waals surface area contributed by atoms with E-state index >= 15 is 0 Å². The molecule has 1 aliphatic heterocycles. The number of amides is 1. The predicted octanol–water partition coefficient (Wildman–Crippen LogP) is 3.20. The molecule has 0 aliphatic carbocycles. The van der Waals surface area contributed by atoms with Gasteiger partial charge in [0.15, 0.2) is 0 Å². The van der Waals surface area contributed by atoms with Crippen LogP contribution in [0.4, 0.5) is 5.82 Å². The van der Waals surface area contributed by atoms with Crippen LogP contribution >= 0.6 is 0 Å². The highest BCUT2D eigenvalue weighted by Crippen LogP contribution is 2.36. The standard InChI is InChI=1S/C28H26N8O4/c1-28(2,39)20-11-18(34-35-20)23-24-21(19(40-3)13-31-23)16(12-30-24)25(37)27(38)36-10-6-7-15-22(32-14-33-26(15)36)17-8-4-5-9-29-17/h4-5,8-9,11-14,30,39H,6-7,10H2,1-3H3,(H,34,35). The summed E-state index contributed by atoms with van der Waals surface area (Å²) < 4.78 is 5.52. The second-order valence-corrected chi connectivity index (χ2v) is 9.98. The van der Waals surface area contributed by atoms with E-state index in [9.17, 15) is 14.7 Å². The molecule has 0 saturated heterocycles. The molecular weight excluding hydrogens is 512 g/mol. The molecule has 1 amide bonds. The van der Waals surface area contributed by atoms with E-state index < -0.39 is 17.3 Å². The van der Waals surface area contributed by atoms with Crippen molar-refractivity contribution in [2.45, 2.75) is 32.3 Å². The van der Waals surface area contributed by atoms with Crippen LogP contribution in [-0.2, 0) is 16.8 Å². The number of hydrogen-bond acceptors (Lipinski definition) is 9. The number of Topliss-reactive ketones (excluding diaryl/α,β-unsaturated/α-hetero) is 1. The summed E-state index contributed by atoms with van der Waals surface area (Å²) in [5.74, 6) is -0.693. The Kier molecular flexibility index (Phi) is 6.11. The molecule has 5 aromatic heterocycles. The van der Waals surface area contributed by atoms with E-state index in [2.05, 4.69) is 35.1 Å². The number of methoxy groups -OCH3 is 1. The highest BCUT2D eigenvalue weighted by Gasteiger charge is 2.33. The summed E-state index contributed by atoms with van der Waals surface area (Å²) >= 11 is 0. The summed E-state index contributed by atoms with van der Waals surface area (Å²) in [6, 6.07) is 7.22. The minimum atomic E-state index is -1.13. The van der Waals surface area contributed by atoms with Crippen molar-refractivity contribution in [1.29, 1.82) is 0 Å². The van der Waals surface area contributed by atoms with Crippen molar-refractivity contribution in [1.82, 2.24) is 35.1 Å². The fraction of sp³-hybridized carbons (Fsp3) is 0.250. The Balaban J connectivity index is 1.40. The van der Waals surface area contributed by atoms with Gasteiger partial charge in [0.2, 0.25) is 0 Å². The van der Waals surface area contributed by atoms with Gasteiger partial charge in [0.05, 0.1) is 46.9 Å². The normalized spacial score (nSPS) is 13.3. The molecule has 0 bridgehead atoms. The molecule has 1 aliphatic rings. The van der Waals surface area contributed by atoms with E-state index in [0.29, 0.717) is 70.3 Å². The Bertz CT molecular complexity index is 1750. The lowest BCUT2D eigenvalue weighted by Crippen LogP contribution is -2.41. The first-order valence-electron chi connectivity index (χ1n) is 12.7. The van der Waals surface area contributed by atoms with Crippen molar-refractivity contribution in [3.8, 4) is 28.5 Å². The SMILES string of the molecule is COc1cnc(-c2cc(C(C)(C)O)[nH]n2)c2[nH]cc(C(=O)C(=O)N3CCCc4c(-c5ccccn5)ncnc43)c12. The van der Waals surface area contributed by atoms with Gasteiger partial charge in [-0.2, -0.15) is 5.10 Å². The number of fused-ring (bicyclic) bond motifs is 2.